The molecule has 12 rings (SSSR count). The average molecular weight is 763 g/mol. The Hall–Kier alpha value is -6.99. The zero-order chi connectivity index (χ0) is 37.5. The standard InChI is InChI=1S/C51H30N4S2/c1-3-13-31(14-4-1)49-52-50(32-15-5-2-6-16-32)54-51(53-49)39-21-12-24-46-47(39)41-29-33(25-27-45(41)56-46)35-19-11-20-38-40-30-34(26-28-44(40)57-48(35)38)55-42-22-9-7-17-36(42)37-18-8-10-23-43(37)55/h1-30H. The van der Waals surface area contributed by atoms with Gasteiger partial charge in [-0.3, -0.25) is 0 Å². The molecule has 0 aliphatic rings. The highest BCUT2D eigenvalue weighted by Crippen LogP contribution is 2.45. The maximum atomic E-state index is 5.12. The Labute approximate surface area is 335 Å². The first-order valence-corrected chi connectivity index (χ1v) is 20.7. The highest BCUT2D eigenvalue weighted by molar-refractivity contribution is 7.26. The first-order valence-electron chi connectivity index (χ1n) is 19.0. The second kappa shape index (κ2) is 12.8. The summed E-state index contributed by atoms with van der Waals surface area (Å²) in [6.45, 7) is 0. The Morgan fingerprint density at radius 2 is 0.930 bits per heavy atom. The molecule has 0 aliphatic carbocycles. The number of benzene rings is 8. The van der Waals surface area contributed by atoms with Crippen LogP contribution >= 0.6 is 22.7 Å². The van der Waals surface area contributed by atoms with Gasteiger partial charge in [-0.2, -0.15) is 0 Å². The van der Waals surface area contributed by atoms with Crippen LogP contribution in [0.2, 0.25) is 0 Å². The molecule has 0 saturated carbocycles. The molecule has 0 bridgehead atoms. The number of nitrogens with zero attached hydrogens (tertiary/aromatic N) is 4. The third kappa shape index (κ3) is 5.15. The van der Waals surface area contributed by atoms with E-state index in [1.54, 1.807) is 0 Å². The third-order valence-corrected chi connectivity index (χ3v) is 13.4. The van der Waals surface area contributed by atoms with Gasteiger partial charge < -0.3 is 4.57 Å². The molecule has 0 amide bonds. The second-order valence-corrected chi connectivity index (χ2v) is 16.5. The van der Waals surface area contributed by atoms with Crippen molar-refractivity contribution in [1.82, 2.24) is 19.5 Å². The minimum Gasteiger partial charge on any atom is -0.309 e. The van der Waals surface area contributed by atoms with Gasteiger partial charge in [0.05, 0.1) is 11.0 Å². The summed E-state index contributed by atoms with van der Waals surface area (Å²) in [6.07, 6.45) is 0. The summed E-state index contributed by atoms with van der Waals surface area (Å²) < 4.78 is 7.43. The Morgan fingerprint density at radius 1 is 0.351 bits per heavy atom. The predicted octanol–water partition coefficient (Wildman–Crippen LogP) is 14.4. The van der Waals surface area contributed by atoms with Crippen LogP contribution < -0.4 is 0 Å². The molecular weight excluding hydrogens is 733 g/mol. The van der Waals surface area contributed by atoms with Crippen molar-refractivity contribution >= 4 is 84.8 Å². The topological polar surface area (TPSA) is 43.6 Å². The van der Waals surface area contributed by atoms with Gasteiger partial charge in [0, 0.05) is 73.5 Å². The molecular formula is C51H30N4S2. The Balaban J connectivity index is 1.03. The van der Waals surface area contributed by atoms with Crippen molar-refractivity contribution in [3.63, 3.8) is 0 Å². The molecule has 0 aliphatic heterocycles. The van der Waals surface area contributed by atoms with Crippen LogP contribution in [0.4, 0.5) is 0 Å². The lowest BCUT2D eigenvalue weighted by Crippen LogP contribution is -2.00. The molecule has 6 heteroatoms. The SMILES string of the molecule is c1ccc(-c2nc(-c3ccccc3)nc(-c3cccc4sc5ccc(-c6cccc7c6sc6ccc(-n8c9ccccc9c9ccccc98)cc67)cc5c34)n2)cc1. The lowest BCUT2D eigenvalue weighted by molar-refractivity contribution is 1.08. The van der Waals surface area contributed by atoms with E-state index in [0.29, 0.717) is 17.5 Å². The summed E-state index contributed by atoms with van der Waals surface area (Å²) in [5.41, 5.74) is 8.98. The second-order valence-electron chi connectivity index (χ2n) is 14.4. The van der Waals surface area contributed by atoms with Gasteiger partial charge in [0.25, 0.3) is 0 Å². The summed E-state index contributed by atoms with van der Waals surface area (Å²) in [6, 6.07) is 64.9. The molecule has 0 unspecified atom stereocenters. The van der Waals surface area contributed by atoms with E-state index < -0.39 is 0 Å². The molecule has 4 heterocycles. The molecule has 0 atom stereocenters. The van der Waals surface area contributed by atoms with E-state index >= 15 is 0 Å². The molecule has 12 aromatic rings. The average Bonchev–Trinajstić information content (AvgIpc) is 3.96. The fraction of sp³-hybridized carbons (Fsp3) is 0. The first kappa shape index (κ1) is 32.3. The van der Waals surface area contributed by atoms with Crippen molar-refractivity contribution in [3.8, 4) is 51.0 Å². The van der Waals surface area contributed by atoms with Crippen LogP contribution in [0.25, 0.3) is 113 Å². The van der Waals surface area contributed by atoms with Crippen LogP contribution in [-0.4, -0.2) is 19.5 Å². The van der Waals surface area contributed by atoms with Gasteiger partial charge in [0.15, 0.2) is 17.5 Å². The number of para-hydroxylation sites is 2. The summed E-state index contributed by atoms with van der Waals surface area (Å²) >= 11 is 3.69. The van der Waals surface area contributed by atoms with Crippen LogP contribution in [0.1, 0.15) is 0 Å². The van der Waals surface area contributed by atoms with Crippen LogP contribution in [0.15, 0.2) is 182 Å². The molecule has 0 radical (unpaired) electrons. The zero-order valence-electron chi connectivity index (χ0n) is 30.4. The van der Waals surface area contributed by atoms with E-state index in [2.05, 4.69) is 150 Å². The Bertz CT molecular complexity index is 3410. The van der Waals surface area contributed by atoms with Crippen molar-refractivity contribution in [1.29, 1.82) is 0 Å². The lowest BCUT2D eigenvalue weighted by atomic mass is 9.99. The fourth-order valence-corrected chi connectivity index (χ4v) is 10.8. The summed E-state index contributed by atoms with van der Waals surface area (Å²) in [4.78, 5) is 15.2. The predicted molar refractivity (Wildman–Crippen MR) is 242 cm³/mol. The van der Waals surface area contributed by atoms with Crippen molar-refractivity contribution in [2.75, 3.05) is 0 Å². The van der Waals surface area contributed by atoms with Crippen LogP contribution in [-0.2, 0) is 0 Å². The molecule has 4 nitrogen and oxygen atoms in total. The third-order valence-electron chi connectivity index (χ3n) is 11.1. The minimum atomic E-state index is 0.662. The maximum Gasteiger partial charge on any atom is 0.164 e. The van der Waals surface area contributed by atoms with Crippen molar-refractivity contribution in [3.05, 3.63) is 182 Å². The van der Waals surface area contributed by atoms with Crippen LogP contribution in [0.3, 0.4) is 0 Å². The summed E-state index contributed by atoms with van der Waals surface area (Å²) in [5.74, 6) is 1.99. The quantitative estimate of drug-likeness (QED) is 0.175. The molecule has 266 valence electrons. The minimum absolute atomic E-state index is 0.662. The van der Waals surface area contributed by atoms with Gasteiger partial charge in [0.1, 0.15) is 0 Å². The zero-order valence-corrected chi connectivity index (χ0v) is 32.1. The highest BCUT2D eigenvalue weighted by Gasteiger charge is 2.19. The van der Waals surface area contributed by atoms with Gasteiger partial charge in [-0.25, -0.2) is 15.0 Å². The molecule has 4 aromatic heterocycles. The van der Waals surface area contributed by atoms with E-state index in [9.17, 15) is 0 Å². The molecule has 0 fully saturated rings. The number of aromatic nitrogens is 4. The number of rotatable bonds is 5. The number of fused-ring (bicyclic) bond motifs is 9. The van der Waals surface area contributed by atoms with E-state index in [4.69, 9.17) is 15.0 Å². The summed E-state index contributed by atoms with van der Waals surface area (Å²) in [7, 11) is 0. The number of hydrogen-bond acceptors (Lipinski definition) is 5. The number of hydrogen-bond donors (Lipinski definition) is 0. The number of thiophene rings is 2. The van der Waals surface area contributed by atoms with Gasteiger partial charge in [0.2, 0.25) is 0 Å². The van der Waals surface area contributed by atoms with Crippen LogP contribution in [0, 0.1) is 0 Å². The lowest BCUT2D eigenvalue weighted by Gasteiger charge is -2.10. The smallest absolute Gasteiger partial charge is 0.164 e. The highest BCUT2D eigenvalue weighted by atomic mass is 32.1. The fourth-order valence-electron chi connectivity index (χ4n) is 8.46. The summed E-state index contributed by atoms with van der Waals surface area (Å²) in [5, 5.41) is 7.47. The van der Waals surface area contributed by atoms with Gasteiger partial charge >= 0.3 is 0 Å². The van der Waals surface area contributed by atoms with E-state index in [1.165, 1.54) is 79.0 Å². The van der Waals surface area contributed by atoms with E-state index in [-0.39, 0.29) is 0 Å². The largest absolute Gasteiger partial charge is 0.309 e. The Kier molecular flexibility index (Phi) is 7.24. The molecule has 0 N–H and O–H groups in total. The van der Waals surface area contributed by atoms with Crippen LogP contribution in [0.5, 0.6) is 0 Å². The van der Waals surface area contributed by atoms with Crippen molar-refractivity contribution in [2.45, 2.75) is 0 Å². The molecule has 8 aromatic carbocycles. The van der Waals surface area contributed by atoms with E-state index in [0.717, 1.165) is 16.7 Å². The van der Waals surface area contributed by atoms with Gasteiger partial charge in [-0.05, 0) is 59.7 Å². The van der Waals surface area contributed by atoms with Gasteiger partial charge in [-0.15, -0.1) is 22.7 Å². The monoisotopic (exact) mass is 762 g/mol. The van der Waals surface area contributed by atoms with Gasteiger partial charge in [-0.1, -0.05) is 133 Å². The van der Waals surface area contributed by atoms with Crippen molar-refractivity contribution < 1.29 is 0 Å². The van der Waals surface area contributed by atoms with E-state index in [1.807, 2.05) is 59.1 Å². The first-order chi connectivity index (χ1) is 28.2. The Morgan fingerprint density at radius 3 is 1.65 bits per heavy atom. The normalized spacial score (nSPS) is 11.9. The molecule has 0 spiro atoms. The maximum absolute atomic E-state index is 5.12. The molecule has 0 saturated heterocycles. The molecule has 57 heavy (non-hydrogen) atoms. The van der Waals surface area contributed by atoms with Crippen molar-refractivity contribution in [2.24, 2.45) is 0 Å².